The number of aryl methyl sites for hydroxylation is 1. The van der Waals surface area contributed by atoms with Crippen molar-refractivity contribution in [1.82, 2.24) is 14.9 Å². The monoisotopic (exact) mass is 551 g/mol. The highest BCUT2D eigenvalue weighted by Crippen LogP contribution is 2.44. The molecule has 2 saturated heterocycles. The number of ether oxygens (including phenoxy) is 1. The van der Waals surface area contributed by atoms with Crippen molar-refractivity contribution in [1.29, 1.82) is 0 Å². The van der Waals surface area contributed by atoms with Gasteiger partial charge < -0.3 is 24.4 Å². The summed E-state index contributed by atoms with van der Waals surface area (Å²) in [6.45, 7) is 12.3. The number of pyridine rings is 1. The predicted molar refractivity (Wildman–Crippen MR) is 167 cm³/mol. The molecule has 6 nitrogen and oxygen atoms in total. The average molecular weight is 552 g/mol. The van der Waals surface area contributed by atoms with Gasteiger partial charge in [0.15, 0.2) is 5.11 Å². The maximum absolute atomic E-state index is 5.98. The fourth-order valence-corrected chi connectivity index (χ4v) is 6.43. The summed E-state index contributed by atoms with van der Waals surface area (Å²) in [7, 11) is 0. The Morgan fingerprint density at radius 3 is 2.23 bits per heavy atom. The molecule has 2 aromatic carbocycles. The molecule has 40 heavy (non-hydrogen) atoms. The van der Waals surface area contributed by atoms with E-state index >= 15 is 0 Å². The second-order valence-corrected chi connectivity index (χ2v) is 11.4. The highest BCUT2D eigenvalue weighted by molar-refractivity contribution is 7.80. The van der Waals surface area contributed by atoms with E-state index in [0.717, 1.165) is 48.5 Å². The van der Waals surface area contributed by atoms with Crippen LogP contribution in [-0.2, 0) is 4.74 Å². The first kappa shape index (κ1) is 26.5. The summed E-state index contributed by atoms with van der Waals surface area (Å²) in [5, 5.41) is 4.33. The van der Waals surface area contributed by atoms with E-state index in [1.165, 1.54) is 28.2 Å². The summed E-state index contributed by atoms with van der Waals surface area (Å²) < 4.78 is 7.89. The molecule has 6 rings (SSSR count). The average Bonchev–Trinajstić information content (AvgIpc) is 3.48. The van der Waals surface area contributed by atoms with Crippen molar-refractivity contribution in [2.24, 2.45) is 0 Å². The van der Waals surface area contributed by atoms with Gasteiger partial charge in [-0.15, -0.1) is 0 Å². The minimum absolute atomic E-state index is 0.0418. The molecule has 0 unspecified atom stereocenters. The van der Waals surface area contributed by atoms with Gasteiger partial charge in [-0.1, -0.05) is 32.0 Å². The third-order valence-corrected chi connectivity index (χ3v) is 8.52. The van der Waals surface area contributed by atoms with Crippen molar-refractivity contribution in [2.75, 3.05) is 36.1 Å². The molecule has 0 radical (unpaired) electrons. The van der Waals surface area contributed by atoms with Crippen LogP contribution < -0.4 is 15.1 Å². The van der Waals surface area contributed by atoms with E-state index in [2.05, 4.69) is 108 Å². The zero-order valence-electron chi connectivity index (χ0n) is 23.7. The van der Waals surface area contributed by atoms with Crippen molar-refractivity contribution < 1.29 is 4.74 Å². The fourth-order valence-electron chi connectivity index (χ4n) is 6.09. The van der Waals surface area contributed by atoms with Crippen LogP contribution >= 0.6 is 12.2 Å². The molecule has 7 heteroatoms. The van der Waals surface area contributed by atoms with E-state index in [4.69, 9.17) is 21.9 Å². The Morgan fingerprint density at radius 1 is 0.900 bits per heavy atom. The number of morpholine rings is 1. The number of anilines is 2. The van der Waals surface area contributed by atoms with Gasteiger partial charge in [0, 0.05) is 47.7 Å². The Balaban J connectivity index is 1.40. The van der Waals surface area contributed by atoms with Crippen molar-refractivity contribution in [3.8, 4) is 5.69 Å². The normalized spacial score (nSPS) is 19.4. The summed E-state index contributed by atoms with van der Waals surface area (Å²) in [6, 6.07) is 26.0. The maximum Gasteiger partial charge on any atom is 0.174 e. The number of aromatic nitrogens is 2. The van der Waals surface area contributed by atoms with Crippen LogP contribution in [0.15, 0.2) is 79.0 Å². The Labute approximate surface area is 242 Å². The molecule has 4 heterocycles. The van der Waals surface area contributed by atoms with Crippen LogP contribution in [-0.4, -0.2) is 41.0 Å². The molecule has 2 aliphatic rings. The summed E-state index contributed by atoms with van der Waals surface area (Å²) >= 11 is 5.98. The van der Waals surface area contributed by atoms with Crippen molar-refractivity contribution in [3.05, 3.63) is 107 Å². The Bertz CT molecular complexity index is 1470. The van der Waals surface area contributed by atoms with Crippen LogP contribution in [0.25, 0.3) is 5.69 Å². The van der Waals surface area contributed by atoms with Crippen molar-refractivity contribution in [3.63, 3.8) is 0 Å². The molecule has 0 aliphatic carbocycles. The van der Waals surface area contributed by atoms with Gasteiger partial charge in [0.05, 0.1) is 31.0 Å². The smallest absolute Gasteiger partial charge is 0.174 e. The predicted octanol–water partition coefficient (Wildman–Crippen LogP) is 6.63. The Hall–Kier alpha value is -3.68. The van der Waals surface area contributed by atoms with Crippen LogP contribution in [0.5, 0.6) is 0 Å². The lowest BCUT2D eigenvalue weighted by molar-refractivity contribution is 0.122. The van der Waals surface area contributed by atoms with Gasteiger partial charge >= 0.3 is 0 Å². The fraction of sp³-hybridized carbons (Fsp3) is 0.333. The molecule has 1 N–H and O–H groups in total. The minimum Gasteiger partial charge on any atom is -0.378 e. The second-order valence-electron chi connectivity index (χ2n) is 11.0. The summed E-state index contributed by atoms with van der Waals surface area (Å²) in [4.78, 5) is 9.40. The largest absolute Gasteiger partial charge is 0.378 e. The van der Waals surface area contributed by atoms with Crippen molar-refractivity contribution in [2.45, 2.75) is 45.7 Å². The molecule has 0 spiro atoms. The highest BCUT2D eigenvalue weighted by atomic mass is 32.1. The maximum atomic E-state index is 5.98. The molecular formula is C33H37N5OS. The molecule has 0 amide bonds. The molecule has 2 fully saturated rings. The topological polar surface area (TPSA) is 45.6 Å². The van der Waals surface area contributed by atoms with E-state index in [0.29, 0.717) is 5.92 Å². The summed E-state index contributed by atoms with van der Waals surface area (Å²) in [6.07, 6.45) is 1.86. The van der Waals surface area contributed by atoms with E-state index < -0.39 is 0 Å². The van der Waals surface area contributed by atoms with Crippen LogP contribution in [0.4, 0.5) is 11.4 Å². The number of nitrogens with one attached hydrogen (secondary N) is 1. The van der Waals surface area contributed by atoms with Gasteiger partial charge in [-0.05, 0) is 97.7 Å². The molecule has 2 aliphatic heterocycles. The van der Waals surface area contributed by atoms with E-state index in [1.807, 2.05) is 18.3 Å². The molecule has 2 atom stereocenters. The van der Waals surface area contributed by atoms with E-state index in [1.54, 1.807) is 0 Å². The first-order valence-corrected chi connectivity index (χ1v) is 14.6. The number of nitrogens with zero attached hydrogens (tertiary/aromatic N) is 4. The van der Waals surface area contributed by atoms with Gasteiger partial charge in [-0.3, -0.25) is 4.98 Å². The van der Waals surface area contributed by atoms with Crippen LogP contribution in [0.3, 0.4) is 0 Å². The molecular weight excluding hydrogens is 514 g/mol. The summed E-state index contributed by atoms with van der Waals surface area (Å²) in [5.41, 5.74) is 9.43. The molecule has 0 saturated carbocycles. The van der Waals surface area contributed by atoms with Crippen LogP contribution in [0, 0.1) is 13.8 Å². The van der Waals surface area contributed by atoms with E-state index in [-0.39, 0.29) is 12.1 Å². The third kappa shape index (κ3) is 4.88. The van der Waals surface area contributed by atoms with Crippen LogP contribution in [0.2, 0.25) is 0 Å². The van der Waals surface area contributed by atoms with Crippen LogP contribution in [0.1, 0.15) is 60.1 Å². The molecule has 206 valence electrons. The number of hydrogen-bond donors (Lipinski definition) is 1. The van der Waals surface area contributed by atoms with Gasteiger partial charge in [-0.2, -0.15) is 0 Å². The first-order chi connectivity index (χ1) is 19.4. The lowest BCUT2D eigenvalue weighted by Gasteiger charge is -2.29. The van der Waals surface area contributed by atoms with Gasteiger partial charge in [0.2, 0.25) is 0 Å². The lowest BCUT2D eigenvalue weighted by Crippen LogP contribution is -2.36. The highest BCUT2D eigenvalue weighted by Gasteiger charge is 2.42. The van der Waals surface area contributed by atoms with E-state index in [9.17, 15) is 0 Å². The SMILES string of the molecule is Cc1cc([C@H]2[C@@H](c3ccccn3)NC(=S)N2c2ccc(C(C)C)cc2)c(C)n1-c1ccc(N2CCOCC2)cc1. The van der Waals surface area contributed by atoms with Gasteiger partial charge in [0.25, 0.3) is 0 Å². The number of rotatable bonds is 6. The first-order valence-electron chi connectivity index (χ1n) is 14.1. The quantitative estimate of drug-likeness (QED) is 0.272. The Morgan fingerprint density at radius 2 is 1.57 bits per heavy atom. The zero-order valence-corrected chi connectivity index (χ0v) is 24.5. The molecule has 0 bridgehead atoms. The number of thiocarbonyl (C=S) groups is 1. The standard InChI is InChI=1S/C33H37N5OS/c1-22(2)25-8-10-28(11-9-25)38-32(31(35-33(38)40)30-7-5-6-16-34-30)29-21-23(3)37(24(29)4)27-14-12-26(13-15-27)36-17-19-39-20-18-36/h5-16,21-22,31-32H,17-20H2,1-4H3,(H,35,40)/t31-,32+/m1/s1. The second kappa shape index (κ2) is 11.1. The molecule has 2 aromatic heterocycles. The molecule has 4 aromatic rings. The lowest BCUT2D eigenvalue weighted by atomic mass is 9.96. The van der Waals surface area contributed by atoms with Crippen molar-refractivity contribution >= 4 is 28.7 Å². The zero-order chi connectivity index (χ0) is 27.8. The third-order valence-electron chi connectivity index (χ3n) is 8.21. The van der Waals surface area contributed by atoms with Gasteiger partial charge in [0.1, 0.15) is 0 Å². The number of benzene rings is 2. The minimum atomic E-state index is -0.0730. The Kier molecular flexibility index (Phi) is 7.34. The summed E-state index contributed by atoms with van der Waals surface area (Å²) in [5.74, 6) is 0.475. The van der Waals surface area contributed by atoms with Gasteiger partial charge in [-0.25, -0.2) is 0 Å². The number of hydrogen-bond acceptors (Lipinski definition) is 4.